The van der Waals surface area contributed by atoms with Crippen LogP contribution >= 0.6 is 0 Å². The van der Waals surface area contributed by atoms with Crippen LogP contribution < -0.4 is 0 Å². The monoisotopic (exact) mass is 184 g/mol. The zero-order chi connectivity index (χ0) is 10.3. The van der Waals surface area contributed by atoms with Crippen LogP contribution in [0.4, 0.5) is 0 Å². The summed E-state index contributed by atoms with van der Waals surface area (Å²) in [5.74, 6) is 3.09. The van der Waals surface area contributed by atoms with Crippen LogP contribution in [0.2, 0.25) is 0 Å². The Hall–Kier alpha value is 0. The van der Waals surface area contributed by atoms with Crippen LogP contribution in [-0.4, -0.2) is 0 Å². The Bertz CT molecular complexity index is 103. The summed E-state index contributed by atoms with van der Waals surface area (Å²) >= 11 is 0. The molecule has 0 nitrogen and oxygen atoms in total. The molecule has 0 aliphatic heterocycles. The lowest BCUT2D eigenvalue weighted by atomic mass is 9.82. The molecule has 80 valence electrons. The molecule has 0 bridgehead atoms. The average molecular weight is 184 g/mol. The normalized spacial score (nSPS) is 27.2. The van der Waals surface area contributed by atoms with Crippen molar-refractivity contribution in [2.75, 3.05) is 0 Å². The van der Waals surface area contributed by atoms with Gasteiger partial charge in [0.05, 0.1) is 0 Å². The topological polar surface area (TPSA) is 0 Å². The maximum Gasteiger partial charge on any atom is -0.0360 e. The Morgan fingerprint density at radius 1 is 1.08 bits per heavy atom. The molecule has 0 aromatic heterocycles. The summed E-state index contributed by atoms with van der Waals surface area (Å²) in [5, 5.41) is 0. The fourth-order valence-corrected chi connectivity index (χ4v) is 2.77. The predicted octanol–water partition coefficient (Wildman–Crippen LogP) is 4.89. The smallest absolute Gasteiger partial charge is 0.0360 e. The molecule has 0 aromatic carbocycles. The summed E-state index contributed by atoms with van der Waals surface area (Å²) in [7, 11) is 0. The highest BCUT2D eigenvalue weighted by atomic mass is 14.3. The average Bonchev–Trinajstić information content (AvgIpc) is 2.58. The molecule has 2 atom stereocenters. The van der Waals surface area contributed by atoms with Crippen molar-refractivity contribution in [1.82, 2.24) is 0 Å². The predicted molar refractivity (Wildman–Crippen MR) is 61.9 cm³/mol. The second-order valence-corrected chi connectivity index (χ2v) is 4.15. The minimum Gasteiger partial charge on any atom is -0.0683 e. The lowest BCUT2D eigenvalue weighted by Gasteiger charge is -2.24. The molecule has 1 aliphatic rings. The van der Waals surface area contributed by atoms with E-state index >= 15 is 0 Å². The van der Waals surface area contributed by atoms with Crippen LogP contribution in [0, 0.1) is 17.8 Å². The number of hydrogen-bond donors (Lipinski definition) is 0. The molecule has 0 spiro atoms. The van der Waals surface area contributed by atoms with Crippen molar-refractivity contribution in [2.24, 2.45) is 17.8 Å². The molecule has 0 saturated heterocycles. The van der Waals surface area contributed by atoms with Crippen molar-refractivity contribution in [2.45, 2.75) is 66.7 Å². The molecular formula is C13H28. The second kappa shape index (κ2) is 7.41. The molecule has 1 fully saturated rings. The zero-order valence-corrected chi connectivity index (χ0v) is 10.3. The standard InChI is InChI=1S/C11H22.C2H6/c1-4-10(5-2)11-8-6-7-9(11)3;1-2/h9-11H,4-8H2,1-3H3;1-2H3. The molecule has 13 heavy (non-hydrogen) atoms. The lowest BCUT2D eigenvalue weighted by Crippen LogP contribution is -2.15. The Morgan fingerprint density at radius 3 is 1.92 bits per heavy atom. The van der Waals surface area contributed by atoms with E-state index in [0.29, 0.717) is 0 Å². The quantitative estimate of drug-likeness (QED) is 0.586. The maximum atomic E-state index is 2.44. The van der Waals surface area contributed by atoms with Gasteiger partial charge in [-0.05, 0) is 24.2 Å². The molecule has 2 unspecified atom stereocenters. The van der Waals surface area contributed by atoms with Crippen LogP contribution in [0.5, 0.6) is 0 Å². The van der Waals surface area contributed by atoms with Gasteiger partial charge in [-0.25, -0.2) is 0 Å². The van der Waals surface area contributed by atoms with E-state index in [2.05, 4.69) is 20.8 Å². The first-order valence-electron chi connectivity index (χ1n) is 6.29. The fourth-order valence-electron chi connectivity index (χ4n) is 2.77. The summed E-state index contributed by atoms with van der Waals surface area (Å²) in [4.78, 5) is 0. The maximum absolute atomic E-state index is 2.44. The van der Waals surface area contributed by atoms with Crippen LogP contribution in [0.25, 0.3) is 0 Å². The minimum absolute atomic E-state index is 1.01. The molecule has 1 aliphatic carbocycles. The molecule has 1 saturated carbocycles. The fraction of sp³-hybridized carbons (Fsp3) is 1.00. The first-order valence-corrected chi connectivity index (χ1v) is 6.29. The van der Waals surface area contributed by atoms with Gasteiger partial charge >= 0.3 is 0 Å². The highest BCUT2D eigenvalue weighted by molar-refractivity contribution is 4.79. The van der Waals surface area contributed by atoms with E-state index in [1.54, 1.807) is 0 Å². The number of hydrogen-bond acceptors (Lipinski definition) is 0. The van der Waals surface area contributed by atoms with E-state index in [1.165, 1.54) is 32.1 Å². The third-order valence-electron chi connectivity index (χ3n) is 3.58. The van der Waals surface area contributed by atoms with E-state index in [0.717, 1.165) is 17.8 Å². The molecule has 1 rings (SSSR count). The van der Waals surface area contributed by atoms with Gasteiger partial charge in [0.15, 0.2) is 0 Å². The molecule has 0 aromatic rings. The SMILES string of the molecule is CC.CCC(CC)C1CCCC1C. The Kier molecular flexibility index (Phi) is 7.41. The largest absolute Gasteiger partial charge is 0.0683 e. The van der Waals surface area contributed by atoms with Crippen molar-refractivity contribution in [3.05, 3.63) is 0 Å². The van der Waals surface area contributed by atoms with Crippen LogP contribution in [0.1, 0.15) is 66.7 Å². The Morgan fingerprint density at radius 2 is 1.62 bits per heavy atom. The van der Waals surface area contributed by atoms with Gasteiger partial charge < -0.3 is 0 Å². The zero-order valence-electron chi connectivity index (χ0n) is 10.3. The molecule has 0 radical (unpaired) electrons. The molecular weight excluding hydrogens is 156 g/mol. The third-order valence-corrected chi connectivity index (χ3v) is 3.58. The molecule has 0 heterocycles. The summed E-state index contributed by atoms with van der Waals surface area (Å²) in [5.41, 5.74) is 0. The summed E-state index contributed by atoms with van der Waals surface area (Å²) in [6.07, 6.45) is 7.27. The van der Waals surface area contributed by atoms with E-state index < -0.39 is 0 Å². The highest BCUT2D eigenvalue weighted by Gasteiger charge is 2.28. The van der Waals surface area contributed by atoms with Gasteiger partial charge in [-0.3, -0.25) is 0 Å². The Labute approximate surface area is 85.1 Å². The summed E-state index contributed by atoms with van der Waals surface area (Å²) < 4.78 is 0. The van der Waals surface area contributed by atoms with Crippen LogP contribution in [0.15, 0.2) is 0 Å². The van der Waals surface area contributed by atoms with Crippen molar-refractivity contribution >= 4 is 0 Å². The van der Waals surface area contributed by atoms with Gasteiger partial charge in [0, 0.05) is 0 Å². The van der Waals surface area contributed by atoms with Crippen molar-refractivity contribution < 1.29 is 0 Å². The minimum atomic E-state index is 1.01. The van der Waals surface area contributed by atoms with E-state index in [-0.39, 0.29) is 0 Å². The van der Waals surface area contributed by atoms with Crippen molar-refractivity contribution in [1.29, 1.82) is 0 Å². The number of rotatable bonds is 3. The van der Waals surface area contributed by atoms with Gasteiger partial charge in [-0.2, -0.15) is 0 Å². The summed E-state index contributed by atoms with van der Waals surface area (Å²) in [6, 6.07) is 0. The van der Waals surface area contributed by atoms with Crippen LogP contribution in [-0.2, 0) is 0 Å². The van der Waals surface area contributed by atoms with Crippen LogP contribution in [0.3, 0.4) is 0 Å². The summed E-state index contributed by atoms with van der Waals surface area (Å²) in [6.45, 7) is 11.1. The van der Waals surface area contributed by atoms with E-state index in [9.17, 15) is 0 Å². The van der Waals surface area contributed by atoms with Gasteiger partial charge in [0.2, 0.25) is 0 Å². The van der Waals surface area contributed by atoms with E-state index in [4.69, 9.17) is 0 Å². The van der Waals surface area contributed by atoms with E-state index in [1.807, 2.05) is 13.8 Å². The van der Waals surface area contributed by atoms with Crippen molar-refractivity contribution in [3.63, 3.8) is 0 Å². The first-order chi connectivity index (χ1) is 6.29. The molecule has 0 N–H and O–H groups in total. The second-order valence-electron chi connectivity index (χ2n) is 4.15. The third kappa shape index (κ3) is 3.70. The first kappa shape index (κ1) is 13.0. The van der Waals surface area contributed by atoms with Gasteiger partial charge in [-0.15, -0.1) is 0 Å². The van der Waals surface area contributed by atoms with Gasteiger partial charge in [0.1, 0.15) is 0 Å². The molecule has 0 amide bonds. The van der Waals surface area contributed by atoms with Crippen molar-refractivity contribution in [3.8, 4) is 0 Å². The molecule has 0 heteroatoms. The lowest BCUT2D eigenvalue weighted by molar-refractivity contribution is 0.260. The Balaban J connectivity index is 0.000000671. The van der Waals surface area contributed by atoms with Gasteiger partial charge in [0.25, 0.3) is 0 Å². The highest BCUT2D eigenvalue weighted by Crippen LogP contribution is 2.39. The van der Waals surface area contributed by atoms with Gasteiger partial charge in [-0.1, -0.05) is 60.3 Å².